The van der Waals surface area contributed by atoms with E-state index in [4.69, 9.17) is 28.9 Å². The van der Waals surface area contributed by atoms with Gasteiger partial charge in [-0.2, -0.15) is 0 Å². The predicted molar refractivity (Wildman–Crippen MR) is 62.1 cm³/mol. The number of aliphatic hydroxyl groups excluding tert-OH is 1. The highest BCUT2D eigenvalue weighted by molar-refractivity contribution is 6.60. The van der Waals surface area contributed by atoms with Crippen LogP contribution < -0.4 is 5.73 Å². The van der Waals surface area contributed by atoms with Crippen molar-refractivity contribution in [3.05, 3.63) is 0 Å². The fourth-order valence-corrected chi connectivity index (χ4v) is 2.92. The second-order valence-electron chi connectivity index (χ2n) is 3.36. The lowest BCUT2D eigenvalue weighted by Crippen LogP contribution is -2.42. The van der Waals surface area contributed by atoms with Crippen molar-refractivity contribution in [2.24, 2.45) is 5.73 Å². The van der Waals surface area contributed by atoms with Crippen LogP contribution in [-0.2, 0) is 18.0 Å². The molecule has 1 atom stereocenters. The molecule has 0 aromatic heterocycles. The zero-order valence-electron chi connectivity index (χ0n) is 10.3. The second-order valence-corrected chi connectivity index (χ2v) is 6.45. The first-order valence-electron chi connectivity index (χ1n) is 5.25. The van der Waals surface area contributed by atoms with Crippen molar-refractivity contribution in [3.63, 3.8) is 0 Å². The minimum absolute atomic E-state index is 0.215. The molecule has 6 nitrogen and oxygen atoms in total. The monoisotopic (exact) mass is 253 g/mol. The first-order valence-corrected chi connectivity index (χ1v) is 7.18. The van der Waals surface area contributed by atoms with Gasteiger partial charge in [-0.25, -0.2) is 0 Å². The van der Waals surface area contributed by atoms with Crippen molar-refractivity contribution in [2.75, 3.05) is 41.1 Å². The zero-order chi connectivity index (χ0) is 12.4. The topological polar surface area (TPSA) is 83.2 Å². The number of hydrogen-bond donors (Lipinski definition) is 2. The molecule has 0 saturated carbocycles. The second kappa shape index (κ2) is 9.05. The Bertz CT molecular complexity index is 160. The van der Waals surface area contributed by atoms with Crippen LogP contribution in [0.5, 0.6) is 0 Å². The average Bonchev–Trinajstić information content (AvgIpc) is 2.34. The number of nitrogens with two attached hydrogens (primary N) is 1. The molecule has 1 unspecified atom stereocenters. The summed E-state index contributed by atoms with van der Waals surface area (Å²) in [4.78, 5) is 0. The molecule has 0 aliphatic heterocycles. The third-order valence-electron chi connectivity index (χ3n) is 2.29. The van der Waals surface area contributed by atoms with E-state index < -0.39 is 14.9 Å². The molecular formula is C9H23NO5Si. The van der Waals surface area contributed by atoms with Gasteiger partial charge >= 0.3 is 8.80 Å². The summed E-state index contributed by atoms with van der Waals surface area (Å²) in [6.45, 7) is 1.01. The third kappa shape index (κ3) is 5.90. The lowest BCUT2D eigenvalue weighted by atomic mass is 10.4. The average molecular weight is 253 g/mol. The summed E-state index contributed by atoms with van der Waals surface area (Å²) in [5.74, 6) is 0. The quantitative estimate of drug-likeness (QED) is 0.407. The lowest BCUT2D eigenvalue weighted by molar-refractivity contribution is 0.0393. The van der Waals surface area contributed by atoms with Gasteiger partial charge in [0.2, 0.25) is 0 Å². The molecule has 7 heteroatoms. The standard InChI is InChI=1S/C9H23NO5Si/c1-12-16(13-2,14-3)6-4-5-15-8-9(11)7-10/h9,11H,4-8,10H2,1-3H3. The van der Waals surface area contributed by atoms with Gasteiger partial charge in [0.25, 0.3) is 0 Å². The van der Waals surface area contributed by atoms with Crippen LogP contribution >= 0.6 is 0 Å². The van der Waals surface area contributed by atoms with Gasteiger partial charge in [-0.05, 0) is 6.42 Å². The van der Waals surface area contributed by atoms with Crippen molar-refractivity contribution < 1.29 is 23.1 Å². The van der Waals surface area contributed by atoms with Gasteiger partial charge in [0.1, 0.15) is 0 Å². The van der Waals surface area contributed by atoms with E-state index in [1.807, 2.05) is 0 Å². The fourth-order valence-electron chi connectivity index (χ4n) is 1.23. The molecule has 0 heterocycles. The summed E-state index contributed by atoms with van der Waals surface area (Å²) < 4.78 is 21.0. The Hall–Kier alpha value is -0.0231. The largest absolute Gasteiger partial charge is 0.500 e. The van der Waals surface area contributed by atoms with Crippen LogP contribution in [-0.4, -0.2) is 61.1 Å². The first kappa shape index (κ1) is 16.0. The van der Waals surface area contributed by atoms with Gasteiger partial charge < -0.3 is 28.9 Å². The molecule has 0 radical (unpaired) electrons. The van der Waals surface area contributed by atoms with E-state index in [-0.39, 0.29) is 13.2 Å². The Morgan fingerprint density at radius 1 is 1.19 bits per heavy atom. The van der Waals surface area contributed by atoms with E-state index in [2.05, 4.69) is 0 Å². The molecule has 0 aliphatic rings. The van der Waals surface area contributed by atoms with Crippen LogP contribution in [0, 0.1) is 0 Å². The maximum atomic E-state index is 9.14. The van der Waals surface area contributed by atoms with Crippen molar-refractivity contribution in [1.29, 1.82) is 0 Å². The molecule has 0 amide bonds. The van der Waals surface area contributed by atoms with Crippen LogP contribution in [0.25, 0.3) is 0 Å². The molecule has 0 spiro atoms. The van der Waals surface area contributed by atoms with Crippen LogP contribution in [0.2, 0.25) is 6.04 Å². The fraction of sp³-hybridized carbons (Fsp3) is 1.00. The van der Waals surface area contributed by atoms with Crippen molar-refractivity contribution in [2.45, 2.75) is 18.6 Å². The van der Waals surface area contributed by atoms with Crippen LogP contribution in [0.3, 0.4) is 0 Å². The molecule has 3 N–H and O–H groups in total. The van der Waals surface area contributed by atoms with Crippen LogP contribution in [0.1, 0.15) is 6.42 Å². The van der Waals surface area contributed by atoms with Gasteiger partial charge in [0.05, 0.1) is 12.7 Å². The maximum Gasteiger partial charge on any atom is 0.500 e. The van der Waals surface area contributed by atoms with E-state index in [1.165, 1.54) is 0 Å². The van der Waals surface area contributed by atoms with E-state index >= 15 is 0 Å². The Balaban J connectivity index is 3.63. The Labute approximate surface area is 98.0 Å². The smallest absolute Gasteiger partial charge is 0.389 e. The van der Waals surface area contributed by atoms with E-state index in [0.29, 0.717) is 12.7 Å². The molecule has 0 rings (SSSR count). The van der Waals surface area contributed by atoms with Gasteiger partial charge in [-0.15, -0.1) is 0 Å². The van der Waals surface area contributed by atoms with Crippen LogP contribution in [0.15, 0.2) is 0 Å². The van der Waals surface area contributed by atoms with Crippen molar-refractivity contribution >= 4 is 8.80 Å². The van der Waals surface area contributed by atoms with Gasteiger partial charge in [0.15, 0.2) is 0 Å². The number of hydrogen-bond acceptors (Lipinski definition) is 6. The minimum Gasteiger partial charge on any atom is -0.389 e. The summed E-state index contributed by atoms with van der Waals surface area (Å²) in [5.41, 5.74) is 5.24. The molecule has 0 aliphatic carbocycles. The molecular weight excluding hydrogens is 230 g/mol. The molecule has 16 heavy (non-hydrogen) atoms. The Morgan fingerprint density at radius 2 is 1.75 bits per heavy atom. The molecule has 0 aromatic carbocycles. The number of aliphatic hydroxyl groups is 1. The molecule has 0 fully saturated rings. The summed E-state index contributed by atoms with van der Waals surface area (Å²) in [5, 5.41) is 9.14. The molecule has 0 saturated heterocycles. The van der Waals surface area contributed by atoms with E-state index in [0.717, 1.165) is 6.42 Å². The predicted octanol–water partition coefficient (Wildman–Crippen LogP) is -0.409. The summed E-state index contributed by atoms with van der Waals surface area (Å²) >= 11 is 0. The third-order valence-corrected chi connectivity index (χ3v) is 5.12. The van der Waals surface area contributed by atoms with E-state index in [1.54, 1.807) is 21.3 Å². The molecule has 98 valence electrons. The van der Waals surface area contributed by atoms with Gasteiger partial charge in [-0.3, -0.25) is 0 Å². The lowest BCUT2D eigenvalue weighted by Gasteiger charge is -2.24. The molecule has 0 aromatic rings. The number of ether oxygens (including phenoxy) is 1. The van der Waals surface area contributed by atoms with Gasteiger partial charge in [-0.1, -0.05) is 0 Å². The van der Waals surface area contributed by atoms with Crippen molar-refractivity contribution in [3.8, 4) is 0 Å². The Kier molecular flexibility index (Phi) is 9.04. The SMILES string of the molecule is CO[Si](CCCOCC(O)CN)(OC)OC. The minimum atomic E-state index is -2.47. The van der Waals surface area contributed by atoms with Crippen LogP contribution in [0.4, 0.5) is 0 Å². The highest BCUT2D eigenvalue weighted by atomic mass is 28.4. The highest BCUT2D eigenvalue weighted by Crippen LogP contribution is 2.14. The zero-order valence-corrected chi connectivity index (χ0v) is 11.3. The normalized spacial score (nSPS) is 14.1. The Morgan fingerprint density at radius 3 is 2.19 bits per heavy atom. The maximum absolute atomic E-state index is 9.14. The van der Waals surface area contributed by atoms with Crippen molar-refractivity contribution in [1.82, 2.24) is 0 Å². The first-order chi connectivity index (χ1) is 7.64. The molecule has 0 bridgehead atoms. The summed E-state index contributed by atoms with van der Waals surface area (Å²) in [6, 6.07) is 0.690. The van der Waals surface area contributed by atoms with Gasteiger partial charge in [0, 0.05) is 40.5 Å². The highest BCUT2D eigenvalue weighted by Gasteiger charge is 2.36. The number of rotatable bonds is 10. The summed E-state index contributed by atoms with van der Waals surface area (Å²) in [6.07, 6.45) is 0.174. The summed E-state index contributed by atoms with van der Waals surface area (Å²) in [7, 11) is 2.27. The van der Waals surface area contributed by atoms with E-state index in [9.17, 15) is 0 Å².